The van der Waals surface area contributed by atoms with Crippen molar-refractivity contribution in [3.8, 4) is 5.75 Å². The molecule has 1 aromatic rings. The molecule has 3 heteroatoms. The molecule has 0 unspecified atom stereocenters. The van der Waals surface area contributed by atoms with Gasteiger partial charge < -0.3 is 4.74 Å². The van der Waals surface area contributed by atoms with Gasteiger partial charge in [-0.15, -0.1) is 11.6 Å². The van der Waals surface area contributed by atoms with E-state index in [0.29, 0.717) is 12.3 Å². The van der Waals surface area contributed by atoms with Crippen molar-refractivity contribution < 1.29 is 9.53 Å². The Kier molecular flexibility index (Phi) is 3.96. The molecule has 0 aliphatic heterocycles. The predicted octanol–water partition coefficient (Wildman–Crippen LogP) is 2.57. The largest absolute Gasteiger partial charge is 0.496 e. The van der Waals surface area contributed by atoms with Crippen molar-refractivity contribution in [1.82, 2.24) is 0 Å². The van der Waals surface area contributed by atoms with Gasteiger partial charge in [-0.05, 0) is 18.6 Å². The molecule has 14 heavy (non-hydrogen) atoms. The number of halogens is 1. The summed E-state index contributed by atoms with van der Waals surface area (Å²) >= 11 is 5.81. The van der Waals surface area contributed by atoms with E-state index in [2.05, 4.69) is 0 Å². The van der Waals surface area contributed by atoms with Gasteiger partial charge in [0.1, 0.15) is 11.5 Å². The van der Waals surface area contributed by atoms with Crippen LogP contribution in [0, 0.1) is 0 Å². The van der Waals surface area contributed by atoms with Crippen molar-refractivity contribution in [3.63, 3.8) is 0 Å². The second-order valence-electron chi connectivity index (χ2n) is 3.11. The quantitative estimate of drug-likeness (QED) is 0.718. The second-order valence-corrected chi connectivity index (χ2v) is 3.38. The van der Waals surface area contributed by atoms with Crippen LogP contribution in [0.3, 0.4) is 0 Å². The third kappa shape index (κ3) is 2.48. The maximum atomic E-state index is 11.0. The highest BCUT2D eigenvalue weighted by Crippen LogP contribution is 2.24. The number of alkyl halides is 1. The highest BCUT2D eigenvalue weighted by Gasteiger charge is 2.08. The topological polar surface area (TPSA) is 26.3 Å². The summed E-state index contributed by atoms with van der Waals surface area (Å²) in [7, 11) is 1.60. The highest BCUT2D eigenvalue weighted by molar-refractivity contribution is 6.17. The van der Waals surface area contributed by atoms with E-state index in [1.807, 2.05) is 18.2 Å². The van der Waals surface area contributed by atoms with E-state index < -0.39 is 0 Å². The van der Waals surface area contributed by atoms with Gasteiger partial charge in [0.25, 0.3) is 0 Å². The standard InChI is InChI=1S/C11H13ClO2/c1-8(13)6-9-4-3-5-11(14-2)10(9)7-12/h3-5H,6-7H2,1-2H3. The Hall–Kier alpha value is -1.02. The zero-order valence-corrected chi connectivity index (χ0v) is 9.10. The molecule has 0 N–H and O–H groups in total. The average molecular weight is 213 g/mol. The van der Waals surface area contributed by atoms with E-state index in [1.54, 1.807) is 14.0 Å². The first-order chi connectivity index (χ1) is 6.69. The summed E-state index contributed by atoms with van der Waals surface area (Å²) in [4.78, 5) is 11.0. The molecule has 0 bridgehead atoms. The Morgan fingerprint density at radius 2 is 2.21 bits per heavy atom. The number of hydrogen-bond donors (Lipinski definition) is 0. The molecule has 1 aromatic carbocycles. The van der Waals surface area contributed by atoms with Gasteiger partial charge in [0, 0.05) is 12.0 Å². The summed E-state index contributed by atoms with van der Waals surface area (Å²) in [6, 6.07) is 5.62. The molecule has 76 valence electrons. The molecule has 0 saturated carbocycles. The second kappa shape index (κ2) is 5.01. The molecule has 0 radical (unpaired) electrons. The van der Waals surface area contributed by atoms with E-state index in [9.17, 15) is 4.79 Å². The molecular weight excluding hydrogens is 200 g/mol. The van der Waals surface area contributed by atoms with Gasteiger partial charge >= 0.3 is 0 Å². The Labute approximate surface area is 88.8 Å². The minimum atomic E-state index is 0.129. The van der Waals surface area contributed by atoms with E-state index in [-0.39, 0.29) is 5.78 Å². The lowest BCUT2D eigenvalue weighted by Crippen LogP contribution is -2.01. The van der Waals surface area contributed by atoms with Crippen LogP contribution >= 0.6 is 11.6 Å². The van der Waals surface area contributed by atoms with E-state index in [1.165, 1.54) is 0 Å². The van der Waals surface area contributed by atoms with Gasteiger partial charge in [-0.2, -0.15) is 0 Å². The fourth-order valence-corrected chi connectivity index (χ4v) is 1.69. The SMILES string of the molecule is COc1cccc(CC(C)=O)c1CCl. The number of methoxy groups -OCH3 is 1. The fourth-order valence-electron chi connectivity index (χ4n) is 1.39. The molecule has 1 rings (SSSR count). The first-order valence-electron chi connectivity index (χ1n) is 4.39. The van der Waals surface area contributed by atoms with Crippen LogP contribution in [-0.2, 0) is 17.1 Å². The molecule has 0 heterocycles. The Morgan fingerprint density at radius 1 is 1.50 bits per heavy atom. The zero-order valence-electron chi connectivity index (χ0n) is 8.34. The number of ketones is 1. The fraction of sp³-hybridized carbons (Fsp3) is 0.364. The summed E-state index contributed by atoms with van der Waals surface area (Å²) in [5.41, 5.74) is 1.86. The van der Waals surface area contributed by atoms with Crippen LogP contribution in [0.1, 0.15) is 18.1 Å². The number of Topliss-reactive ketones (excluding diaryl/α,β-unsaturated/α-hetero) is 1. The Bertz CT molecular complexity index is 334. The van der Waals surface area contributed by atoms with Gasteiger partial charge in [0.2, 0.25) is 0 Å². The monoisotopic (exact) mass is 212 g/mol. The van der Waals surface area contributed by atoms with Crippen molar-refractivity contribution in [2.45, 2.75) is 19.2 Å². The van der Waals surface area contributed by atoms with Crippen LogP contribution in [0.4, 0.5) is 0 Å². The first-order valence-corrected chi connectivity index (χ1v) is 4.92. The summed E-state index contributed by atoms with van der Waals surface area (Å²) < 4.78 is 5.16. The van der Waals surface area contributed by atoms with Crippen LogP contribution in [0.5, 0.6) is 5.75 Å². The average Bonchev–Trinajstić information content (AvgIpc) is 2.16. The van der Waals surface area contributed by atoms with Gasteiger partial charge in [0.05, 0.1) is 13.0 Å². The molecule has 0 aliphatic carbocycles. The molecule has 2 nitrogen and oxygen atoms in total. The van der Waals surface area contributed by atoms with Crippen molar-refractivity contribution in [3.05, 3.63) is 29.3 Å². The van der Waals surface area contributed by atoms with Crippen LogP contribution < -0.4 is 4.74 Å². The van der Waals surface area contributed by atoms with Gasteiger partial charge in [-0.1, -0.05) is 12.1 Å². The van der Waals surface area contributed by atoms with E-state index in [0.717, 1.165) is 16.9 Å². The van der Waals surface area contributed by atoms with Gasteiger partial charge in [-0.3, -0.25) is 4.79 Å². The maximum Gasteiger partial charge on any atom is 0.134 e. The van der Waals surface area contributed by atoms with Crippen molar-refractivity contribution in [1.29, 1.82) is 0 Å². The molecule has 0 aliphatic rings. The smallest absolute Gasteiger partial charge is 0.134 e. The van der Waals surface area contributed by atoms with E-state index >= 15 is 0 Å². The van der Waals surface area contributed by atoms with Crippen LogP contribution in [-0.4, -0.2) is 12.9 Å². The summed E-state index contributed by atoms with van der Waals surface area (Å²) in [5.74, 6) is 1.25. The van der Waals surface area contributed by atoms with Crippen LogP contribution in [0.25, 0.3) is 0 Å². The van der Waals surface area contributed by atoms with Crippen molar-refractivity contribution in [2.75, 3.05) is 7.11 Å². The maximum absolute atomic E-state index is 11.0. The molecular formula is C11H13ClO2. The van der Waals surface area contributed by atoms with Crippen LogP contribution in [0.15, 0.2) is 18.2 Å². The number of carbonyl (C=O) groups is 1. The summed E-state index contributed by atoms with van der Waals surface area (Å²) in [6.07, 6.45) is 0.416. The third-order valence-corrected chi connectivity index (χ3v) is 2.29. The number of hydrogen-bond acceptors (Lipinski definition) is 2. The number of carbonyl (C=O) groups excluding carboxylic acids is 1. The summed E-state index contributed by atoms with van der Waals surface area (Å²) in [5, 5.41) is 0. The van der Waals surface area contributed by atoms with Gasteiger partial charge in [0.15, 0.2) is 0 Å². The Morgan fingerprint density at radius 3 is 2.71 bits per heavy atom. The number of rotatable bonds is 4. The third-order valence-electron chi connectivity index (χ3n) is 2.02. The van der Waals surface area contributed by atoms with Crippen LogP contribution in [0.2, 0.25) is 0 Å². The predicted molar refractivity (Wildman–Crippen MR) is 56.9 cm³/mol. The van der Waals surface area contributed by atoms with E-state index in [4.69, 9.17) is 16.3 Å². The Balaban J connectivity index is 3.08. The highest BCUT2D eigenvalue weighted by atomic mass is 35.5. The van der Waals surface area contributed by atoms with Gasteiger partial charge in [-0.25, -0.2) is 0 Å². The molecule has 0 aromatic heterocycles. The lowest BCUT2D eigenvalue weighted by molar-refractivity contribution is -0.116. The lowest BCUT2D eigenvalue weighted by atomic mass is 10.0. The summed E-state index contributed by atoms with van der Waals surface area (Å²) in [6.45, 7) is 1.57. The minimum absolute atomic E-state index is 0.129. The number of ether oxygens (including phenoxy) is 1. The molecule has 0 saturated heterocycles. The normalized spacial score (nSPS) is 9.93. The van der Waals surface area contributed by atoms with Crippen molar-refractivity contribution >= 4 is 17.4 Å². The molecule has 0 atom stereocenters. The van der Waals surface area contributed by atoms with Crippen molar-refractivity contribution in [2.24, 2.45) is 0 Å². The molecule has 0 fully saturated rings. The minimum Gasteiger partial charge on any atom is -0.496 e. The molecule has 0 amide bonds. The zero-order chi connectivity index (χ0) is 10.6. The lowest BCUT2D eigenvalue weighted by Gasteiger charge is -2.10. The first kappa shape index (κ1) is 11.1. The molecule has 0 spiro atoms. The number of benzene rings is 1.